The van der Waals surface area contributed by atoms with Crippen LogP contribution in [-0.4, -0.2) is 47.7 Å². The summed E-state index contributed by atoms with van der Waals surface area (Å²) in [6.45, 7) is 12.7. The zero-order valence-corrected chi connectivity index (χ0v) is 14.3. The average molecular weight is 298 g/mol. The molecule has 0 aliphatic carbocycles. The summed E-state index contributed by atoms with van der Waals surface area (Å²) < 4.78 is 0. The maximum atomic E-state index is 11.3. The minimum absolute atomic E-state index is 0.700. The lowest BCUT2D eigenvalue weighted by Crippen LogP contribution is -2.49. The van der Waals surface area contributed by atoms with Crippen LogP contribution in [0.1, 0.15) is 59.8 Å². The first-order valence-corrected chi connectivity index (χ1v) is 8.60. The van der Waals surface area contributed by atoms with E-state index >= 15 is 0 Å². The molecule has 21 heavy (non-hydrogen) atoms. The lowest BCUT2D eigenvalue weighted by molar-refractivity contribution is -0.144. The molecule has 1 rings (SSSR count). The molecule has 2 N–H and O–H groups in total. The van der Waals surface area contributed by atoms with Gasteiger partial charge in [-0.1, -0.05) is 20.8 Å². The van der Waals surface area contributed by atoms with Crippen molar-refractivity contribution < 1.29 is 9.90 Å². The molecular formula is C17H34N2O2. The van der Waals surface area contributed by atoms with E-state index in [0.29, 0.717) is 13.0 Å². The van der Waals surface area contributed by atoms with Crippen LogP contribution in [-0.2, 0) is 4.79 Å². The number of hydrogen-bond donors (Lipinski definition) is 2. The maximum absolute atomic E-state index is 11.3. The first kappa shape index (κ1) is 18.4. The molecule has 1 aliphatic rings. The second-order valence-electron chi connectivity index (χ2n) is 7.05. The van der Waals surface area contributed by atoms with Crippen LogP contribution in [0.5, 0.6) is 0 Å². The smallest absolute Gasteiger partial charge is 0.323 e. The Balaban J connectivity index is 2.21. The van der Waals surface area contributed by atoms with E-state index in [9.17, 15) is 9.90 Å². The minimum Gasteiger partial charge on any atom is -0.480 e. The van der Waals surface area contributed by atoms with Crippen LogP contribution in [0.2, 0.25) is 0 Å². The van der Waals surface area contributed by atoms with Gasteiger partial charge in [0.25, 0.3) is 0 Å². The van der Waals surface area contributed by atoms with Crippen molar-refractivity contribution in [3.05, 3.63) is 0 Å². The topological polar surface area (TPSA) is 52.6 Å². The van der Waals surface area contributed by atoms with Gasteiger partial charge < -0.3 is 15.3 Å². The Kier molecular flexibility index (Phi) is 7.67. The molecule has 0 aromatic carbocycles. The summed E-state index contributed by atoms with van der Waals surface area (Å²) in [6, 6.07) is 0. The Morgan fingerprint density at radius 3 is 2.43 bits per heavy atom. The number of unbranched alkanes of at least 4 members (excludes halogenated alkanes) is 1. The van der Waals surface area contributed by atoms with Crippen LogP contribution in [0.25, 0.3) is 0 Å². The van der Waals surface area contributed by atoms with Gasteiger partial charge in [-0.15, -0.1) is 0 Å². The molecule has 0 bridgehead atoms. The molecule has 1 fully saturated rings. The number of hydrogen-bond acceptors (Lipinski definition) is 3. The van der Waals surface area contributed by atoms with Gasteiger partial charge in [0.05, 0.1) is 0 Å². The lowest BCUT2D eigenvalue weighted by atomic mass is 9.86. The predicted molar refractivity (Wildman–Crippen MR) is 87.6 cm³/mol. The van der Waals surface area contributed by atoms with Crippen LogP contribution in [0.15, 0.2) is 0 Å². The third-order valence-corrected chi connectivity index (χ3v) is 5.02. The molecule has 0 saturated carbocycles. The third-order valence-electron chi connectivity index (χ3n) is 5.02. The van der Waals surface area contributed by atoms with Gasteiger partial charge >= 0.3 is 5.97 Å². The summed E-state index contributed by atoms with van der Waals surface area (Å²) >= 11 is 0. The number of nitrogens with one attached hydrogen (secondary N) is 1. The van der Waals surface area contributed by atoms with Crippen molar-refractivity contribution in [2.24, 2.45) is 11.8 Å². The van der Waals surface area contributed by atoms with Crippen molar-refractivity contribution in [2.75, 3.05) is 26.2 Å². The van der Waals surface area contributed by atoms with Crippen LogP contribution < -0.4 is 5.32 Å². The monoisotopic (exact) mass is 298 g/mol. The summed E-state index contributed by atoms with van der Waals surface area (Å²) in [5.74, 6) is 0.968. The highest BCUT2D eigenvalue weighted by Gasteiger charge is 2.31. The number of likely N-dealkylation sites (N-methyl/N-ethyl adjacent to an activating group) is 1. The quantitative estimate of drug-likeness (QED) is 0.643. The lowest BCUT2D eigenvalue weighted by Gasteiger charge is -2.34. The Morgan fingerprint density at radius 2 is 1.95 bits per heavy atom. The highest BCUT2D eigenvalue weighted by Crippen LogP contribution is 2.24. The molecule has 0 spiro atoms. The summed E-state index contributed by atoms with van der Waals surface area (Å²) in [6.07, 6.45) is 5.42. The molecule has 0 aromatic rings. The average Bonchev–Trinajstić information content (AvgIpc) is 2.44. The molecule has 0 aromatic heterocycles. The molecule has 1 aliphatic heterocycles. The largest absolute Gasteiger partial charge is 0.480 e. The molecule has 0 radical (unpaired) electrons. The van der Waals surface area contributed by atoms with E-state index in [2.05, 4.69) is 24.1 Å². The van der Waals surface area contributed by atoms with E-state index in [1.807, 2.05) is 6.92 Å². The number of likely N-dealkylation sites (tertiary alicyclic amines) is 1. The number of aliphatic carboxylic acids is 1. The van der Waals surface area contributed by atoms with Crippen molar-refractivity contribution in [1.29, 1.82) is 0 Å². The van der Waals surface area contributed by atoms with Crippen molar-refractivity contribution >= 4 is 5.97 Å². The standard InChI is InChI=1S/C17H34N2O2/c1-5-18-17(4,16(20)21)10-6-7-11-19-12-8-15(9-13-19)14(2)3/h14-15,18H,5-13H2,1-4H3,(H,20,21). The number of nitrogens with zero attached hydrogens (tertiary/aromatic N) is 1. The van der Waals surface area contributed by atoms with Crippen molar-refractivity contribution in [2.45, 2.75) is 65.3 Å². The Bertz CT molecular complexity index is 312. The molecule has 4 nitrogen and oxygen atoms in total. The minimum atomic E-state index is -0.764. The highest BCUT2D eigenvalue weighted by molar-refractivity contribution is 5.78. The van der Waals surface area contributed by atoms with Gasteiger partial charge in [0.1, 0.15) is 5.54 Å². The van der Waals surface area contributed by atoms with Crippen LogP contribution in [0.4, 0.5) is 0 Å². The first-order valence-electron chi connectivity index (χ1n) is 8.60. The molecule has 4 heteroatoms. The SMILES string of the molecule is CCNC(C)(CCCCN1CCC(C(C)C)CC1)C(=O)O. The van der Waals surface area contributed by atoms with Crippen LogP contribution in [0.3, 0.4) is 0 Å². The second kappa shape index (κ2) is 8.74. The summed E-state index contributed by atoms with van der Waals surface area (Å²) in [4.78, 5) is 13.9. The Morgan fingerprint density at radius 1 is 1.33 bits per heavy atom. The van der Waals surface area contributed by atoms with Gasteiger partial charge in [0.2, 0.25) is 0 Å². The van der Waals surface area contributed by atoms with Gasteiger partial charge in [0, 0.05) is 0 Å². The summed E-state index contributed by atoms with van der Waals surface area (Å²) in [7, 11) is 0. The fraction of sp³-hybridized carbons (Fsp3) is 0.941. The number of piperidine rings is 1. The molecule has 1 heterocycles. The van der Waals surface area contributed by atoms with Gasteiger partial charge in [0.15, 0.2) is 0 Å². The van der Waals surface area contributed by atoms with E-state index in [-0.39, 0.29) is 0 Å². The fourth-order valence-corrected chi connectivity index (χ4v) is 3.32. The van der Waals surface area contributed by atoms with E-state index < -0.39 is 11.5 Å². The zero-order valence-electron chi connectivity index (χ0n) is 14.3. The normalized spacial score (nSPS) is 20.6. The number of carbonyl (C=O) groups is 1. The van der Waals surface area contributed by atoms with Crippen molar-refractivity contribution in [3.8, 4) is 0 Å². The van der Waals surface area contributed by atoms with Gasteiger partial charge in [-0.25, -0.2) is 0 Å². The molecule has 1 saturated heterocycles. The van der Waals surface area contributed by atoms with Gasteiger partial charge in [-0.05, 0) is 77.0 Å². The van der Waals surface area contributed by atoms with E-state index in [1.54, 1.807) is 6.92 Å². The van der Waals surface area contributed by atoms with Crippen molar-refractivity contribution in [1.82, 2.24) is 10.2 Å². The van der Waals surface area contributed by atoms with E-state index in [4.69, 9.17) is 0 Å². The number of carboxylic acids is 1. The molecule has 124 valence electrons. The number of carboxylic acid groups (broad SMARTS) is 1. The Hall–Kier alpha value is -0.610. The Labute approximate surface area is 130 Å². The maximum Gasteiger partial charge on any atom is 0.323 e. The predicted octanol–water partition coefficient (Wildman–Crippen LogP) is 2.98. The first-order chi connectivity index (χ1) is 9.89. The zero-order chi connectivity index (χ0) is 15.9. The number of rotatable bonds is 9. The summed E-state index contributed by atoms with van der Waals surface area (Å²) in [5.41, 5.74) is -0.764. The van der Waals surface area contributed by atoms with Crippen LogP contribution in [0, 0.1) is 11.8 Å². The summed E-state index contributed by atoms with van der Waals surface area (Å²) in [5, 5.41) is 12.4. The second-order valence-corrected chi connectivity index (χ2v) is 7.05. The van der Waals surface area contributed by atoms with Crippen LogP contribution >= 0.6 is 0 Å². The molecule has 1 atom stereocenters. The van der Waals surface area contributed by atoms with Crippen molar-refractivity contribution in [3.63, 3.8) is 0 Å². The van der Waals surface area contributed by atoms with E-state index in [1.165, 1.54) is 25.9 Å². The third kappa shape index (κ3) is 5.95. The molecule has 1 unspecified atom stereocenters. The molecule has 0 amide bonds. The van der Waals surface area contributed by atoms with Gasteiger partial charge in [-0.2, -0.15) is 0 Å². The van der Waals surface area contributed by atoms with E-state index in [0.717, 1.165) is 31.2 Å². The highest BCUT2D eigenvalue weighted by atomic mass is 16.4. The fourth-order valence-electron chi connectivity index (χ4n) is 3.32. The van der Waals surface area contributed by atoms with Gasteiger partial charge in [-0.3, -0.25) is 4.79 Å². The molecular weight excluding hydrogens is 264 g/mol.